The Morgan fingerprint density at radius 1 is 1.07 bits per heavy atom. The summed E-state index contributed by atoms with van der Waals surface area (Å²) in [5, 5.41) is 13.2. The van der Waals surface area contributed by atoms with Crippen molar-refractivity contribution in [2.75, 3.05) is 26.3 Å². The van der Waals surface area contributed by atoms with Crippen molar-refractivity contribution in [1.82, 2.24) is 26.6 Å². The third kappa shape index (κ3) is 9.69. The van der Waals surface area contributed by atoms with Crippen LogP contribution in [-0.2, 0) is 19.2 Å². The number of nitrogens with one attached hydrogen (secondary N) is 5. The molecule has 5 amide bonds. The van der Waals surface area contributed by atoms with E-state index in [1.807, 2.05) is 0 Å². The molecule has 232 valence electrons. The molecule has 5 N–H and O–H groups in total. The van der Waals surface area contributed by atoms with Gasteiger partial charge in [-0.3, -0.25) is 24.0 Å². The topological polar surface area (TPSA) is 164 Å². The molecule has 0 saturated heterocycles. The average molecular weight is 600 g/mol. The molecule has 1 aliphatic rings. The summed E-state index contributed by atoms with van der Waals surface area (Å²) in [6.07, 6.45) is -0.496. The maximum atomic E-state index is 13.3. The molecule has 2 atom stereocenters. The number of hydrogen-bond acceptors (Lipinski definition) is 7. The summed E-state index contributed by atoms with van der Waals surface area (Å²) in [5.74, 6) is -3.13. The van der Waals surface area contributed by atoms with Gasteiger partial charge in [-0.25, -0.2) is 4.39 Å². The van der Waals surface area contributed by atoms with Crippen LogP contribution in [0.25, 0.3) is 0 Å². The Balaban J connectivity index is 1.80. The summed E-state index contributed by atoms with van der Waals surface area (Å²) >= 11 is 0. The quantitative estimate of drug-likeness (QED) is 0.310. The highest BCUT2D eigenvalue weighted by Crippen LogP contribution is 2.18. The highest BCUT2D eigenvalue weighted by molar-refractivity contribution is 6.01. The van der Waals surface area contributed by atoms with Crippen molar-refractivity contribution in [3.63, 3.8) is 0 Å². The van der Waals surface area contributed by atoms with Gasteiger partial charge in [0, 0.05) is 0 Å². The zero-order valence-corrected chi connectivity index (χ0v) is 24.6. The second-order valence-electron chi connectivity index (χ2n) is 10.8. The number of carbonyl (C=O) groups excluding carboxylic acids is 5. The highest BCUT2D eigenvalue weighted by Gasteiger charge is 2.35. The number of carbonyl (C=O) groups is 5. The Morgan fingerprint density at radius 2 is 1.77 bits per heavy atom. The average Bonchev–Trinajstić information content (AvgIpc) is 2.95. The molecule has 0 unspecified atom stereocenters. The summed E-state index contributed by atoms with van der Waals surface area (Å²) in [5.41, 5.74) is -1.34. The van der Waals surface area contributed by atoms with E-state index < -0.39 is 59.4 Å². The van der Waals surface area contributed by atoms with Gasteiger partial charge >= 0.3 is 0 Å². The SMILES string of the molecule is CC(C)[C@H]1NC(=O)C(C)(C)NC(=O)C[C@@H](C(=O)NCCOc2ccc(F)cc2)NC(=O)c2ccccc2OCCNC1=O. The minimum atomic E-state index is -1.46. The number of halogens is 1. The van der Waals surface area contributed by atoms with Gasteiger partial charge in [0.1, 0.15) is 48.2 Å². The number of amides is 5. The van der Waals surface area contributed by atoms with E-state index >= 15 is 0 Å². The van der Waals surface area contributed by atoms with Crippen molar-refractivity contribution in [1.29, 1.82) is 0 Å². The normalized spacial score (nSPS) is 19.9. The third-order valence-electron chi connectivity index (χ3n) is 6.54. The monoisotopic (exact) mass is 599 g/mol. The molecular weight excluding hydrogens is 561 g/mol. The van der Waals surface area contributed by atoms with Crippen molar-refractivity contribution >= 4 is 29.5 Å². The highest BCUT2D eigenvalue weighted by atomic mass is 19.1. The maximum Gasteiger partial charge on any atom is 0.255 e. The summed E-state index contributed by atoms with van der Waals surface area (Å²) in [6, 6.07) is 9.51. The molecule has 2 aromatic rings. The zero-order chi connectivity index (χ0) is 31.6. The van der Waals surface area contributed by atoms with E-state index in [4.69, 9.17) is 9.47 Å². The predicted molar refractivity (Wildman–Crippen MR) is 155 cm³/mol. The predicted octanol–water partition coefficient (Wildman–Crippen LogP) is 1.05. The molecule has 0 aliphatic carbocycles. The lowest BCUT2D eigenvalue weighted by Crippen LogP contribution is -2.60. The molecule has 0 bridgehead atoms. The zero-order valence-electron chi connectivity index (χ0n) is 24.6. The van der Waals surface area contributed by atoms with Gasteiger partial charge < -0.3 is 36.1 Å². The molecular formula is C30H38FN5O7. The molecule has 0 saturated carbocycles. The van der Waals surface area contributed by atoms with Crippen LogP contribution in [0, 0.1) is 11.7 Å². The van der Waals surface area contributed by atoms with Gasteiger partial charge in [0.25, 0.3) is 5.91 Å². The van der Waals surface area contributed by atoms with Crippen molar-refractivity contribution in [3.8, 4) is 11.5 Å². The van der Waals surface area contributed by atoms with E-state index in [1.54, 1.807) is 32.0 Å². The van der Waals surface area contributed by atoms with Crippen LogP contribution < -0.4 is 36.1 Å². The standard InChI is InChI=1S/C30H38FN5O7/c1-18(2)25-28(40)33-14-16-43-23-8-6-5-7-21(23)26(38)34-22(17-24(37)36-30(3,4)29(41)35-25)27(39)32-13-15-42-20-11-9-19(31)10-12-20/h5-12,18,22,25H,13-17H2,1-4H3,(H,32,39)(H,33,40)(H,34,38)(H,35,41)(H,36,37)/t22-,25+/m0/s1. The molecule has 2 aromatic carbocycles. The smallest absolute Gasteiger partial charge is 0.255 e. The molecule has 0 spiro atoms. The number of hydrogen-bond donors (Lipinski definition) is 5. The van der Waals surface area contributed by atoms with Gasteiger partial charge in [0.15, 0.2) is 0 Å². The number of fused-ring (bicyclic) bond motifs is 1. The van der Waals surface area contributed by atoms with Gasteiger partial charge in [0.05, 0.1) is 25.1 Å². The lowest BCUT2D eigenvalue weighted by Gasteiger charge is -2.30. The van der Waals surface area contributed by atoms with Crippen LogP contribution in [0.15, 0.2) is 48.5 Å². The van der Waals surface area contributed by atoms with Crippen LogP contribution in [0.1, 0.15) is 44.5 Å². The third-order valence-corrected chi connectivity index (χ3v) is 6.54. The van der Waals surface area contributed by atoms with Gasteiger partial charge in [-0.15, -0.1) is 0 Å². The molecule has 12 nitrogen and oxygen atoms in total. The lowest BCUT2D eigenvalue weighted by atomic mass is 9.99. The number of rotatable bonds is 6. The van der Waals surface area contributed by atoms with Crippen LogP contribution in [0.5, 0.6) is 11.5 Å². The van der Waals surface area contributed by atoms with Gasteiger partial charge in [-0.1, -0.05) is 26.0 Å². The van der Waals surface area contributed by atoms with E-state index in [0.717, 1.165) is 0 Å². The second-order valence-corrected chi connectivity index (χ2v) is 10.8. The Labute approximate surface area is 249 Å². The van der Waals surface area contributed by atoms with Crippen LogP contribution in [0.3, 0.4) is 0 Å². The Hall–Kier alpha value is -4.68. The Bertz CT molecular complexity index is 1320. The molecule has 1 aliphatic heterocycles. The van der Waals surface area contributed by atoms with Crippen molar-refractivity contribution < 1.29 is 37.8 Å². The lowest BCUT2D eigenvalue weighted by molar-refractivity contribution is -0.136. The molecule has 1 heterocycles. The van der Waals surface area contributed by atoms with E-state index in [0.29, 0.717) is 5.75 Å². The van der Waals surface area contributed by atoms with E-state index in [9.17, 15) is 28.4 Å². The molecule has 0 fully saturated rings. The van der Waals surface area contributed by atoms with Crippen LogP contribution in [-0.4, -0.2) is 73.5 Å². The Kier molecular flexibility index (Phi) is 11.4. The first-order valence-electron chi connectivity index (χ1n) is 14.0. The van der Waals surface area contributed by atoms with Crippen LogP contribution in [0.4, 0.5) is 4.39 Å². The van der Waals surface area contributed by atoms with Gasteiger partial charge in [-0.2, -0.15) is 0 Å². The molecule has 0 radical (unpaired) electrons. The van der Waals surface area contributed by atoms with Crippen molar-refractivity contribution in [2.45, 2.75) is 51.7 Å². The molecule has 3 rings (SSSR count). The second kappa shape index (κ2) is 15.0. The number of benzene rings is 2. The van der Waals surface area contributed by atoms with Crippen LogP contribution >= 0.6 is 0 Å². The summed E-state index contributed by atoms with van der Waals surface area (Å²) in [6.45, 7) is 6.67. The molecule has 43 heavy (non-hydrogen) atoms. The largest absolute Gasteiger partial charge is 0.492 e. The fourth-order valence-electron chi connectivity index (χ4n) is 4.17. The number of ether oxygens (including phenoxy) is 2. The van der Waals surface area contributed by atoms with Crippen molar-refractivity contribution in [3.05, 3.63) is 59.9 Å². The first-order chi connectivity index (χ1) is 20.4. The summed E-state index contributed by atoms with van der Waals surface area (Å²) < 4.78 is 24.3. The first-order valence-corrected chi connectivity index (χ1v) is 14.0. The molecule has 13 heteroatoms. The fourth-order valence-corrected chi connectivity index (χ4v) is 4.17. The van der Waals surface area contributed by atoms with E-state index in [1.165, 1.54) is 44.2 Å². The fraction of sp³-hybridized carbons (Fsp3) is 0.433. The summed E-state index contributed by atoms with van der Waals surface area (Å²) in [4.78, 5) is 65.5. The number of para-hydroxylation sites is 1. The van der Waals surface area contributed by atoms with Gasteiger partial charge in [0.2, 0.25) is 23.6 Å². The van der Waals surface area contributed by atoms with Gasteiger partial charge in [-0.05, 0) is 56.2 Å². The maximum absolute atomic E-state index is 13.3. The Morgan fingerprint density at radius 3 is 2.47 bits per heavy atom. The molecule has 0 aromatic heterocycles. The first kappa shape index (κ1) is 32.8. The minimum absolute atomic E-state index is 0.0232. The summed E-state index contributed by atoms with van der Waals surface area (Å²) in [7, 11) is 0. The van der Waals surface area contributed by atoms with E-state index in [2.05, 4.69) is 26.6 Å². The minimum Gasteiger partial charge on any atom is -0.492 e. The van der Waals surface area contributed by atoms with Crippen LogP contribution in [0.2, 0.25) is 0 Å². The van der Waals surface area contributed by atoms with E-state index in [-0.39, 0.29) is 43.5 Å². The van der Waals surface area contributed by atoms with Crippen molar-refractivity contribution in [2.24, 2.45) is 5.92 Å².